The minimum atomic E-state index is -4.04. The highest BCUT2D eigenvalue weighted by atomic mass is 79.9. The van der Waals surface area contributed by atoms with E-state index in [1.54, 1.807) is 0 Å². The average Bonchev–Trinajstić information content (AvgIpc) is 2.40. The van der Waals surface area contributed by atoms with Gasteiger partial charge in [-0.25, -0.2) is 23.5 Å². The molecular weight excluding hydrogens is 405 g/mol. The highest BCUT2D eigenvalue weighted by molar-refractivity contribution is 9.10. The molecule has 0 unspecified atom stereocenters. The third kappa shape index (κ3) is 3.46. The van der Waals surface area contributed by atoms with Crippen molar-refractivity contribution in [1.82, 2.24) is 9.97 Å². The van der Waals surface area contributed by atoms with Gasteiger partial charge in [0, 0.05) is 12.3 Å². The van der Waals surface area contributed by atoms with Crippen LogP contribution in [0, 0.1) is 0 Å². The first-order chi connectivity index (χ1) is 9.74. The minimum absolute atomic E-state index is 0.0146. The molecule has 6 nitrogen and oxygen atoms in total. The molecule has 0 fully saturated rings. The van der Waals surface area contributed by atoms with Crippen molar-refractivity contribution in [1.29, 1.82) is 0 Å². The van der Waals surface area contributed by atoms with Crippen molar-refractivity contribution in [2.75, 3.05) is 7.11 Å². The first-order valence-corrected chi connectivity index (χ1v) is 8.42. The molecule has 21 heavy (non-hydrogen) atoms. The number of methoxy groups -OCH3 is 1. The van der Waals surface area contributed by atoms with Gasteiger partial charge >= 0.3 is 0 Å². The van der Waals surface area contributed by atoms with Crippen LogP contribution < -0.4 is 9.88 Å². The van der Waals surface area contributed by atoms with Crippen molar-refractivity contribution in [3.63, 3.8) is 0 Å². The zero-order chi connectivity index (χ0) is 15.8. The Morgan fingerprint density at radius 2 is 1.95 bits per heavy atom. The van der Waals surface area contributed by atoms with Gasteiger partial charge in [-0.2, -0.15) is 0 Å². The number of ether oxygens (including phenoxy) is 1. The van der Waals surface area contributed by atoms with Crippen LogP contribution in [0.15, 0.2) is 27.7 Å². The van der Waals surface area contributed by atoms with Gasteiger partial charge in [0.15, 0.2) is 0 Å². The van der Waals surface area contributed by atoms with Crippen LogP contribution in [-0.2, 0) is 10.0 Å². The molecule has 2 aromatic rings. The van der Waals surface area contributed by atoms with Gasteiger partial charge in [-0.1, -0.05) is 23.2 Å². The van der Waals surface area contributed by atoms with E-state index in [9.17, 15) is 8.42 Å². The Morgan fingerprint density at radius 1 is 1.29 bits per heavy atom. The molecule has 0 aliphatic rings. The molecule has 2 rings (SSSR count). The van der Waals surface area contributed by atoms with Gasteiger partial charge in [-0.05, 0) is 22.0 Å². The maximum Gasteiger partial charge on any atom is 0.240 e. The number of primary sulfonamides is 1. The number of sulfonamides is 1. The summed E-state index contributed by atoms with van der Waals surface area (Å²) in [6.07, 6.45) is 1.34. The van der Waals surface area contributed by atoms with Crippen LogP contribution in [-0.4, -0.2) is 25.5 Å². The van der Waals surface area contributed by atoms with Crippen LogP contribution in [0.5, 0.6) is 5.75 Å². The number of nitrogens with two attached hydrogens (primary N) is 1. The third-order valence-corrected chi connectivity index (χ3v) is 4.72. The number of hydrogen-bond donors (Lipinski definition) is 1. The van der Waals surface area contributed by atoms with Crippen molar-refractivity contribution in [2.24, 2.45) is 5.14 Å². The SMILES string of the molecule is COc1cc(Cl)cnc1-c1nc(Cl)c(Br)cc1S(N)(=O)=O. The predicted octanol–water partition coefficient (Wildman–Crippen LogP) is 2.87. The van der Waals surface area contributed by atoms with E-state index in [0.29, 0.717) is 9.50 Å². The van der Waals surface area contributed by atoms with Gasteiger partial charge in [0.25, 0.3) is 0 Å². The second-order valence-corrected chi connectivity index (χ2v) is 7.04. The van der Waals surface area contributed by atoms with E-state index >= 15 is 0 Å². The Bertz CT molecular complexity index is 815. The number of rotatable bonds is 3. The fraction of sp³-hybridized carbons (Fsp3) is 0.0909. The van der Waals surface area contributed by atoms with E-state index in [1.807, 2.05) is 0 Å². The lowest BCUT2D eigenvalue weighted by atomic mass is 10.2. The van der Waals surface area contributed by atoms with Crippen molar-refractivity contribution in [3.8, 4) is 17.1 Å². The Labute approximate surface area is 139 Å². The molecule has 0 bridgehead atoms. The number of hydrogen-bond acceptors (Lipinski definition) is 5. The van der Waals surface area contributed by atoms with E-state index in [4.69, 9.17) is 33.1 Å². The molecule has 0 saturated carbocycles. The number of nitrogens with zero attached hydrogens (tertiary/aromatic N) is 2. The largest absolute Gasteiger partial charge is 0.494 e. The molecule has 0 amide bonds. The zero-order valence-electron chi connectivity index (χ0n) is 10.5. The third-order valence-electron chi connectivity index (χ3n) is 2.47. The molecule has 0 saturated heterocycles. The first-order valence-electron chi connectivity index (χ1n) is 5.32. The lowest BCUT2D eigenvalue weighted by molar-refractivity contribution is 0.414. The molecule has 0 radical (unpaired) electrons. The lowest BCUT2D eigenvalue weighted by Crippen LogP contribution is -2.15. The summed E-state index contributed by atoms with van der Waals surface area (Å²) in [6.45, 7) is 0. The lowest BCUT2D eigenvalue weighted by Gasteiger charge is -2.11. The van der Waals surface area contributed by atoms with E-state index in [1.165, 1.54) is 25.4 Å². The summed E-state index contributed by atoms with van der Waals surface area (Å²) in [5.41, 5.74) is 0.152. The summed E-state index contributed by atoms with van der Waals surface area (Å²) in [5.74, 6) is 0.248. The van der Waals surface area contributed by atoms with Gasteiger partial charge in [-0.3, -0.25) is 0 Å². The zero-order valence-corrected chi connectivity index (χ0v) is 14.4. The molecule has 0 aliphatic carbocycles. The Balaban J connectivity index is 2.83. The smallest absolute Gasteiger partial charge is 0.240 e. The number of pyridine rings is 2. The highest BCUT2D eigenvalue weighted by Crippen LogP contribution is 2.35. The normalized spacial score (nSPS) is 11.5. The van der Waals surface area contributed by atoms with E-state index < -0.39 is 10.0 Å². The maximum atomic E-state index is 11.7. The minimum Gasteiger partial charge on any atom is -0.494 e. The monoisotopic (exact) mass is 411 g/mol. The molecule has 2 heterocycles. The van der Waals surface area contributed by atoms with Gasteiger partial charge in [-0.15, -0.1) is 0 Å². The van der Waals surface area contributed by atoms with Crippen LogP contribution in [0.2, 0.25) is 10.2 Å². The van der Waals surface area contributed by atoms with Crippen LogP contribution >= 0.6 is 39.1 Å². The molecule has 0 atom stereocenters. The Kier molecular flexibility index (Phi) is 4.74. The fourth-order valence-corrected chi connectivity index (χ4v) is 3.04. The van der Waals surface area contributed by atoms with E-state index in [0.717, 1.165) is 0 Å². The fourth-order valence-electron chi connectivity index (χ4n) is 1.59. The first kappa shape index (κ1) is 16.4. The van der Waals surface area contributed by atoms with E-state index in [-0.39, 0.29) is 27.2 Å². The van der Waals surface area contributed by atoms with Crippen LogP contribution in [0.4, 0.5) is 0 Å². The van der Waals surface area contributed by atoms with Gasteiger partial charge in [0.2, 0.25) is 10.0 Å². The molecule has 2 N–H and O–H groups in total. The quantitative estimate of drug-likeness (QED) is 0.782. The number of halogens is 3. The average molecular weight is 413 g/mol. The second kappa shape index (κ2) is 6.05. The topological polar surface area (TPSA) is 95.2 Å². The van der Waals surface area contributed by atoms with Crippen molar-refractivity contribution in [3.05, 3.63) is 33.0 Å². The van der Waals surface area contributed by atoms with Crippen molar-refractivity contribution >= 4 is 49.2 Å². The van der Waals surface area contributed by atoms with Gasteiger partial charge in [0.05, 0.1) is 16.6 Å². The van der Waals surface area contributed by atoms with Crippen molar-refractivity contribution in [2.45, 2.75) is 4.90 Å². The molecule has 0 spiro atoms. The Morgan fingerprint density at radius 3 is 2.52 bits per heavy atom. The summed E-state index contributed by atoms with van der Waals surface area (Å²) in [4.78, 5) is 7.84. The summed E-state index contributed by atoms with van der Waals surface area (Å²) in [5, 5.41) is 5.60. The molecular formula is C11H8BrCl2N3O3S. The summed E-state index contributed by atoms with van der Waals surface area (Å²) < 4.78 is 28.9. The highest BCUT2D eigenvalue weighted by Gasteiger charge is 2.23. The van der Waals surface area contributed by atoms with Crippen molar-refractivity contribution < 1.29 is 13.2 Å². The summed E-state index contributed by atoms with van der Waals surface area (Å²) in [6, 6.07) is 2.74. The summed E-state index contributed by atoms with van der Waals surface area (Å²) >= 11 is 14.9. The molecule has 0 aliphatic heterocycles. The Hall–Kier alpha value is -0.930. The second-order valence-electron chi connectivity index (χ2n) is 3.86. The molecule has 2 aromatic heterocycles. The maximum absolute atomic E-state index is 11.7. The van der Waals surface area contributed by atoms with E-state index in [2.05, 4.69) is 25.9 Å². The predicted molar refractivity (Wildman–Crippen MR) is 83.1 cm³/mol. The molecule has 112 valence electrons. The van der Waals surface area contributed by atoms with Gasteiger partial charge < -0.3 is 4.74 Å². The molecule has 10 heteroatoms. The van der Waals surface area contributed by atoms with Gasteiger partial charge in [0.1, 0.15) is 27.2 Å². The van der Waals surface area contributed by atoms with Crippen LogP contribution in [0.3, 0.4) is 0 Å². The number of aromatic nitrogens is 2. The molecule has 0 aromatic carbocycles. The summed E-state index contributed by atoms with van der Waals surface area (Å²) in [7, 11) is -2.64. The van der Waals surface area contributed by atoms with Crippen LogP contribution in [0.1, 0.15) is 0 Å². The van der Waals surface area contributed by atoms with Crippen LogP contribution in [0.25, 0.3) is 11.4 Å². The standard InChI is InChI=1S/C11H8BrCl2N3O3S/c1-20-7-2-5(13)4-16-9(7)10-8(21(15,18)19)3-6(12)11(14)17-10/h2-4H,1H3,(H2,15,18,19).